The van der Waals surface area contributed by atoms with Crippen molar-refractivity contribution < 1.29 is 19.8 Å². The lowest BCUT2D eigenvalue weighted by Gasteiger charge is -2.60. The van der Waals surface area contributed by atoms with Crippen LogP contribution in [-0.2, 0) is 9.59 Å². The van der Waals surface area contributed by atoms with Crippen molar-refractivity contribution in [1.82, 2.24) is 0 Å². The quantitative estimate of drug-likeness (QED) is 0.761. The fraction of sp³-hybridized carbons (Fsp3) is 0.913. The standard InChI is InChI=1S/C23H36O4/c1-22-11-9-18-21(17(22)7-6-14(22)4-3-5-20(26)27)19(25)13-15-12-16(24)8-10-23(15,18)2/h14-18,21,24H,3-13H2,1-2H3,(H,26,27)/t14-,15?,16+,17?,18?,21?,22?,23?/m0/s1. The van der Waals surface area contributed by atoms with Gasteiger partial charge in [0.05, 0.1) is 6.10 Å². The fourth-order valence-corrected chi connectivity index (χ4v) is 7.99. The third kappa shape index (κ3) is 3.07. The van der Waals surface area contributed by atoms with E-state index < -0.39 is 5.97 Å². The van der Waals surface area contributed by atoms with Crippen molar-refractivity contribution in [2.75, 3.05) is 0 Å². The molecule has 0 heterocycles. The van der Waals surface area contributed by atoms with E-state index in [0.717, 1.165) is 51.4 Å². The number of fused-ring (bicyclic) bond motifs is 5. The number of Topliss-reactive ketones (excluding diaryl/α,β-unsaturated/α-hetero) is 1. The van der Waals surface area contributed by atoms with Gasteiger partial charge in [-0.25, -0.2) is 0 Å². The number of carboxylic acid groups (broad SMARTS) is 1. The number of hydrogen-bond donors (Lipinski definition) is 2. The van der Waals surface area contributed by atoms with Gasteiger partial charge in [0.15, 0.2) is 0 Å². The summed E-state index contributed by atoms with van der Waals surface area (Å²) in [6, 6.07) is 0. The monoisotopic (exact) mass is 376 g/mol. The second-order valence-corrected chi connectivity index (χ2v) is 10.6. The zero-order chi connectivity index (χ0) is 19.4. The molecule has 8 atom stereocenters. The Bertz CT molecular complexity index is 615. The van der Waals surface area contributed by atoms with Gasteiger partial charge in [-0.05, 0) is 92.3 Å². The molecule has 4 aliphatic carbocycles. The van der Waals surface area contributed by atoms with Gasteiger partial charge >= 0.3 is 5.97 Å². The fourth-order valence-electron chi connectivity index (χ4n) is 7.99. The van der Waals surface area contributed by atoms with Crippen LogP contribution in [0.15, 0.2) is 0 Å². The summed E-state index contributed by atoms with van der Waals surface area (Å²) in [5.74, 6) is 1.92. The van der Waals surface area contributed by atoms with Crippen molar-refractivity contribution in [3.8, 4) is 0 Å². The highest BCUT2D eigenvalue weighted by atomic mass is 16.4. The van der Waals surface area contributed by atoms with Crippen LogP contribution in [0.1, 0.15) is 84.5 Å². The van der Waals surface area contributed by atoms with Crippen LogP contribution in [0.3, 0.4) is 0 Å². The van der Waals surface area contributed by atoms with E-state index >= 15 is 0 Å². The Labute approximate surface area is 163 Å². The second-order valence-electron chi connectivity index (χ2n) is 10.6. The Balaban J connectivity index is 1.54. The number of aliphatic carboxylic acids is 1. The van der Waals surface area contributed by atoms with Crippen molar-refractivity contribution in [2.45, 2.75) is 90.6 Å². The maximum Gasteiger partial charge on any atom is 0.303 e. The maximum absolute atomic E-state index is 13.3. The van der Waals surface area contributed by atoms with Crippen molar-refractivity contribution in [2.24, 2.45) is 40.4 Å². The first-order chi connectivity index (χ1) is 12.8. The van der Waals surface area contributed by atoms with Crippen LogP contribution in [-0.4, -0.2) is 28.1 Å². The molecule has 4 nitrogen and oxygen atoms in total. The Hall–Kier alpha value is -0.900. The predicted octanol–water partition coefficient (Wildman–Crippen LogP) is 4.44. The maximum atomic E-state index is 13.3. The molecule has 4 fully saturated rings. The van der Waals surface area contributed by atoms with Crippen LogP contribution in [0, 0.1) is 40.4 Å². The van der Waals surface area contributed by atoms with Gasteiger partial charge in [0.1, 0.15) is 5.78 Å². The molecular formula is C23H36O4. The summed E-state index contributed by atoms with van der Waals surface area (Å²) >= 11 is 0. The molecular weight excluding hydrogens is 340 g/mol. The zero-order valence-electron chi connectivity index (χ0n) is 17.0. The first-order valence-corrected chi connectivity index (χ1v) is 11.2. The summed E-state index contributed by atoms with van der Waals surface area (Å²) in [5.41, 5.74) is 0.438. The molecule has 0 aromatic rings. The van der Waals surface area contributed by atoms with Gasteiger partial charge < -0.3 is 10.2 Å². The molecule has 0 aromatic carbocycles. The molecule has 4 aliphatic rings. The van der Waals surface area contributed by atoms with Gasteiger partial charge in [0, 0.05) is 18.8 Å². The van der Waals surface area contributed by atoms with Crippen LogP contribution in [0.25, 0.3) is 0 Å². The second kappa shape index (κ2) is 6.86. The molecule has 0 aromatic heterocycles. The van der Waals surface area contributed by atoms with Crippen LogP contribution in [0.2, 0.25) is 0 Å². The highest BCUT2D eigenvalue weighted by Gasteiger charge is 2.62. The van der Waals surface area contributed by atoms with E-state index in [2.05, 4.69) is 13.8 Å². The summed E-state index contributed by atoms with van der Waals surface area (Å²) in [7, 11) is 0. The van der Waals surface area contributed by atoms with E-state index in [-0.39, 0.29) is 29.3 Å². The lowest BCUT2D eigenvalue weighted by Crippen LogP contribution is -2.57. The third-order valence-corrected chi connectivity index (χ3v) is 9.58. The minimum Gasteiger partial charge on any atom is -0.481 e. The smallest absolute Gasteiger partial charge is 0.303 e. The lowest BCUT2D eigenvalue weighted by atomic mass is 9.44. The van der Waals surface area contributed by atoms with Crippen molar-refractivity contribution >= 4 is 11.8 Å². The molecule has 4 heteroatoms. The predicted molar refractivity (Wildman–Crippen MR) is 103 cm³/mol. The van der Waals surface area contributed by atoms with Crippen molar-refractivity contribution in [1.29, 1.82) is 0 Å². The average Bonchev–Trinajstić information content (AvgIpc) is 2.93. The summed E-state index contributed by atoms with van der Waals surface area (Å²) in [6.07, 6.45) is 9.89. The third-order valence-electron chi connectivity index (χ3n) is 9.58. The Morgan fingerprint density at radius 2 is 1.78 bits per heavy atom. The first-order valence-electron chi connectivity index (χ1n) is 11.2. The molecule has 4 saturated carbocycles. The van der Waals surface area contributed by atoms with Gasteiger partial charge in [0.25, 0.3) is 0 Å². The molecule has 0 aliphatic heterocycles. The van der Waals surface area contributed by atoms with E-state index in [1.54, 1.807) is 0 Å². The molecule has 6 unspecified atom stereocenters. The number of rotatable bonds is 4. The van der Waals surface area contributed by atoms with E-state index in [9.17, 15) is 14.7 Å². The van der Waals surface area contributed by atoms with Crippen LogP contribution < -0.4 is 0 Å². The molecule has 152 valence electrons. The first kappa shape index (κ1) is 19.4. The molecule has 2 N–H and O–H groups in total. The molecule has 0 saturated heterocycles. The molecule has 4 rings (SSSR count). The van der Waals surface area contributed by atoms with E-state index in [0.29, 0.717) is 35.9 Å². The normalized spacial score (nSPS) is 49.2. The number of carbonyl (C=O) groups excluding carboxylic acids is 1. The van der Waals surface area contributed by atoms with Crippen LogP contribution >= 0.6 is 0 Å². The van der Waals surface area contributed by atoms with Gasteiger partial charge in [-0.1, -0.05) is 13.8 Å². The zero-order valence-corrected chi connectivity index (χ0v) is 17.0. The molecule has 0 spiro atoms. The molecule has 0 radical (unpaired) electrons. The van der Waals surface area contributed by atoms with E-state index in [4.69, 9.17) is 5.11 Å². The summed E-state index contributed by atoms with van der Waals surface area (Å²) in [4.78, 5) is 24.2. The number of ketones is 1. The SMILES string of the molecule is CC12CC[C@@H](O)CC1CC(=O)C1C2CCC2(C)C1CC[C@@H]2CCCC(=O)O. The van der Waals surface area contributed by atoms with Gasteiger partial charge in [-0.2, -0.15) is 0 Å². The van der Waals surface area contributed by atoms with Crippen molar-refractivity contribution in [3.05, 3.63) is 0 Å². The van der Waals surface area contributed by atoms with Crippen LogP contribution in [0.5, 0.6) is 0 Å². The highest BCUT2D eigenvalue weighted by molar-refractivity contribution is 5.83. The number of carbonyl (C=O) groups is 2. The van der Waals surface area contributed by atoms with Gasteiger partial charge in [0.2, 0.25) is 0 Å². The Morgan fingerprint density at radius 1 is 1.07 bits per heavy atom. The highest BCUT2D eigenvalue weighted by Crippen LogP contribution is 2.67. The summed E-state index contributed by atoms with van der Waals surface area (Å²) in [6.45, 7) is 4.81. The number of hydrogen-bond acceptors (Lipinski definition) is 3. The molecule has 0 bridgehead atoms. The number of aliphatic hydroxyl groups is 1. The number of carboxylic acids is 1. The summed E-state index contributed by atoms with van der Waals surface area (Å²) < 4.78 is 0. The van der Waals surface area contributed by atoms with Gasteiger partial charge in [-0.3, -0.25) is 9.59 Å². The minimum atomic E-state index is -0.695. The average molecular weight is 377 g/mol. The molecule has 27 heavy (non-hydrogen) atoms. The molecule has 0 amide bonds. The summed E-state index contributed by atoms with van der Waals surface area (Å²) in [5, 5.41) is 19.1. The Morgan fingerprint density at radius 3 is 2.52 bits per heavy atom. The van der Waals surface area contributed by atoms with Crippen LogP contribution in [0.4, 0.5) is 0 Å². The van der Waals surface area contributed by atoms with E-state index in [1.807, 2.05) is 0 Å². The van der Waals surface area contributed by atoms with E-state index in [1.165, 1.54) is 6.42 Å². The topological polar surface area (TPSA) is 74.6 Å². The lowest BCUT2D eigenvalue weighted by molar-refractivity contribution is -0.160. The van der Waals surface area contributed by atoms with Crippen molar-refractivity contribution in [3.63, 3.8) is 0 Å². The van der Waals surface area contributed by atoms with Gasteiger partial charge in [-0.15, -0.1) is 0 Å². The largest absolute Gasteiger partial charge is 0.481 e. The number of aliphatic hydroxyl groups excluding tert-OH is 1. The minimum absolute atomic E-state index is 0.213. The Kier molecular flexibility index (Phi) is 4.93.